The third-order valence-electron chi connectivity index (χ3n) is 4.12. The summed E-state index contributed by atoms with van der Waals surface area (Å²) in [5, 5.41) is 9.58. The first-order valence-electron chi connectivity index (χ1n) is 7.51. The Balaban J connectivity index is 1.69. The second-order valence-corrected chi connectivity index (χ2v) is 5.62. The molecule has 0 aromatic heterocycles. The second kappa shape index (κ2) is 7.62. The highest BCUT2D eigenvalue weighted by Gasteiger charge is 2.22. The van der Waals surface area contributed by atoms with Crippen molar-refractivity contribution in [3.63, 3.8) is 0 Å². The van der Waals surface area contributed by atoms with Gasteiger partial charge in [-0.15, -0.1) is 0 Å². The van der Waals surface area contributed by atoms with Gasteiger partial charge in [-0.05, 0) is 56.5 Å². The van der Waals surface area contributed by atoms with Crippen LogP contribution in [-0.2, 0) is 6.54 Å². The Morgan fingerprint density at radius 3 is 2.80 bits per heavy atom. The van der Waals surface area contributed by atoms with Crippen LogP contribution in [0.15, 0.2) is 24.3 Å². The number of hydrogen-bond acceptors (Lipinski definition) is 4. The summed E-state index contributed by atoms with van der Waals surface area (Å²) in [5.41, 5.74) is 6.71. The van der Waals surface area contributed by atoms with E-state index in [9.17, 15) is 5.11 Å². The van der Waals surface area contributed by atoms with Gasteiger partial charge in [0.2, 0.25) is 0 Å². The van der Waals surface area contributed by atoms with Crippen molar-refractivity contribution in [3.05, 3.63) is 29.8 Å². The first-order valence-corrected chi connectivity index (χ1v) is 7.51. The highest BCUT2D eigenvalue weighted by atomic mass is 16.5. The van der Waals surface area contributed by atoms with Crippen molar-refractivity contribution >= 4 is 0 Å². The molecule has 1 saturated heterocycles. The maximum atomic E-state index is 9.58. The Morgan fingerprint density at radius 2 is 2.15 bits per heavy atom. The molecule has 112 valence electrons. The van der Waals surface area contributed by atoms with Crippen LogP contribution in [0.4, 0.5) is 0 Å². The number of ether oxygens (including phenoxy) is 1. The molecule has 1 unspecified atom stereocenters. The average molecular weight is 278 g/mol. The lowest BCUT2D eigenvalue weighted by Crippen LogP contribution is -2.39. The molecule has 1 fully saturated rings. The molecule has 1 atom stereocenters. The molecule has 1 aliphatic rings. The number of nitrogens with two attached hydrogens (primary N) is 1. The van der Waals surface area contributed by atoms with Crippen LogP contribution in [0.1, 0.15) is 25.3 Å². The summed E-state index contributed by atoms with van der Waals surface area (Å²) in [6, 6.07) is 7.96. The van der Waals surface area contributed by atoms with E-state index in [1.165, 1.54) is 0 Å². The Labute approximate surface area is 121 Å². The third kappa shape index (κ3) is 4.47. The first-order chi connectivity index (χ1) is 9.69. The average Bonchev–Trinajstić information content (AvgIpc) is 2.48. The normalized spacial score (nSPS) is 18.9. The van der Waals surface area contributed by atoms with Gasteiger partial charge >= 0.3 is 0 Å². The molecule has 3 N–H and O–H groups in total. The van der Waals surface area contributed by atoms with Crippen molar-refractivity contribution in [3.8, 4) is 5.75 Å². The molecule has 0 spiro atoms. The topological polar surface area (TPSA) is 58.7 Å². The van der Waals surface area contributed by atoms with Gasteiger partial charge in [0.25, 0.3) is 0 Å². The summed E-state index contributed by atoms with van der Waals surface area (Å²) in [6.45, 7) is 6.20. The van der Waals surface area contributed by atoms with Gasteiger partial charge in [-0.2, -0.15) is 0 Å². The van der Waals surface area contributed by atoms with Crippen LogP contribution >= 0.6 is 0 Å². The lowest BCUT2D eigenvalue weighted by atomic mass is 9.92. The maximum absolute atomic E-state index is 9.58. The molecule has 0 aliphatic carbocycles. The molecule has 20 heavy (non-hydrogen) atoms. The van der Waals surface area contributed by atoms with Gasteiger partial charge in [-0.1, -0.05) is 12.1 Å². The van der Waals surface area contributed by atoms with Crippen molar-refractivity contribution in [2.24, 2.45) is 11.7 Å². The number of nitrogens with zero attached hydrogens (tertiary/aromatic N) is 1. The van der Waals surface area contributed by atoms with Crippen molar-refractivity contribution in [2.75, 3.05) is 26.2 Å². The van der Waals surface area contributed by atoms with E-state index in [1.807, 2.05) is 31.2 Å². The first kappa shape index (κ1) is 15.3. The maximum Gasteiger partial charge on any atom is 0.119 e. The number of aliphatic hydroxyl groups excluding tert-OH is 1. The lowest BCUT2D eigenvalue weighted by Gasteiger charge is -2.33. The number of likely N-dealkylation sites (tertiary alicyclic amines) is 1. The van der Waals surface area contributed by atoms with E-state index in [0.29, 0.717) is 19.1 Å². The van der Waals surface area contributed by atoms with Crippen molar-refractivity contribution in [1.29, 1.82) is 0 Å². The third-order valence-corrected chi connectivity index (χ3v) is 4.12. The van der Waals surface area contributed by atoms with Gasteiger partial charge in [0.15, 0.2) is 0 Å². The molecule has 1 aliphatic heterocycles. The molecule has 0 radical (unpaired) electrons. The quantitative estimate of drug-likeness (QED) is 0.830. The van der Waals surface area contributed by atoms with E-state index >= 15 is 0 Å². The summed E-state index contributed by atoms with van der Waals surface area (Å²) in [6.07, 6.45) is 1.99. The van der Waals surface area contributed by atoms with Crippen LogP contribution in [0.3, 0.4) is 0 Å². The van der Waals surface area contributed by atoms with Gasteiger partial charge in [-0.25, -0.2) is 0 Å². The van der Waals surface area contributed by atoms with Crippen LogP contribution in [0.25, 0.3) is 0 Å². The summed E-state index contributed by atoms with van der Waals surface area (Å²) >= 11 is 0. The van der Waals surface area contributed by atoms with Crippen molar-refractivity contribution in [2.45, 2.75) is 32.4 Å². The van der Waals surface area contributed by atoms with Crippen LogP contribution in [0.2, 0.25) is 0 Å². The zero-order valence-electron chi connectivity index (χ0n) is 12.3. The predicted octanol–water partition coefficient (Wildman–Crippen LogP) is 1.62. The monoisotopic (exact) mass is 278 g/mol. The Kier molecular flexibility index (Phi) is 5.83. The number of hydrogen-bond donors (Lipinski definition) is 2. The number of benzene rings is 1. The van der Waals surface area contributed by atoms with Crippen molar-refractivity contribution < 1.29 is 9.84 Å². The zero-order chi connectivity index (χ0) is 14.4. The van der Waals surface area contributed by atoms with Crippen LogP contribution in [0.5, 0.6) is 5.75 Å². The summed E-state index contributed by atoms with van der Waals surface area (Å²) in [5.74, 6) is 1.36. The summed E-state index contributed by atoms with van der Waals surface area (Å²) in [7, 11) is 0. The molecule has 4 heteroatoms. The van der Waals surface area contributed by atoms with E-state index < -0.39 is 0 Å². The fourth-order valence-corrected chi connectivity index (χ4v) is 2.71. The Bertz CT molecular complexity index is 401. The van der Waals surface area contributed by atoms with Gasteiger partial charge in [0, 0.05) is 13.1 Å². The fourth-order valence-electron chi connectivity index (χ4n) is 2.71. The fraction of sp³-hybridized carbons (Fsp3) is 0.625. The van der Waals surface area contributed by atoms with Gasteiger partial charge in [0.05, 0.1) is 6.10 Å². The van der Waals surface area contributed by atoms with Gasteiger partial charge < -0.3 is 15.6 Å². The number of aliphatic hydroxyl groups is 1. The van der Waals surface area contributed by atoms with Gasteiger partial charge in [-0.3, -0.25) is 4.90 Å². The largest absolute Gasteiger partial charge is 0.492 e. The number of piperidine rings is 1. The minimum Gasteiger partial charge on any atom is -0.492 e. The van der Waals surface area contributed by atoms with E-state index in [1.54, 1.807) is 0 Å². The highest BCUT2D eigenvalue weighted by molar-refractivity contribution is 5.28. The van der Waals surface area contributed by atoms with E-state index in [4.69, 9.17) is 10.5 Å². The smallest absolute Gasteiger partial charge is 0.119 e. The molecule has 2 rings (SSSR count). The molecule has 1 aromatic carbocycles. The number of rotatable bonds is 6. The zero-order valence-corrected chi connectivity index (χ0v) is 12.3. The van der Waals surface area contributed by atoms with E-state index in [-0.39, 0.29) is 6.10 Å². The van der Waals surface area contributed by atoms with Crippen molar-refractivity contribution in [1.82, 2.24) is 4.90 Å². The highest BCUT2D eigenvalue weighted by Crippen LogP contribution is 2.20. The van der Waals surface area contributed by atoms with E-state index in [0.717, 1.165) is 43.8 Å². The molecular formula is C16H26N2O2. The van der Waals surface area contributed by atoms with Crippen LogP contribution in [0, 0.1) is 5.92 Å². The Morgan fingerprint density at radius 1 is 1.40 bits per heavy atom. The standard InChI is InChI=1S/C16H26N2O2/c1-13(19)15-5-7-18(8-6-15)9-10-20-16-4-2-3-14(11-16)12-17/h2-4,11,13,15,19H,5-10,12,17H2,1H3. The molecule has 0 amide bonds. The van der Waals surface area contributed by atoms with Crippen LogP contribution in [-0.4, -0.2) is 42.4 Å². The summed E-state index contributed by atoms with van der Waals surface area (Å²) < 4.78 is 5.78. The minimum absolute atomic E-state index is 0.174. The molecule has 1 aromatic rings. The molecular weight excluding hydrogens is 252 g/mol. The molecule has 1 heterocycles. The minimum atomic E-state index is -0.174. The van der Waals surface area contributed by atoms with E-state index in [2.05, 4.69) is 4.90 Å². The predicted molar refractivity (Wildman–Crippen MR) is 80.7 cm³/mol. The lowest BCUT2D eigenvalue weighted by molar-refractivity contribution is 0.0672. The second-order valence-electron chi connectivity index (χ2n) is 5.62. The molecule has 4 nitrogen and oxygen atoms in total. The SMILES string of the molecule is CC(O)C1CCN(CCOc2cccc(CN)c2)CC1. The Hall–Kier alpha value is -1.10. The van der Waals surface area contributed by atoms with Crippen LogP contribution < -0.4 is 10.5 Å². The van der Waals surface area contributed by atoms with Gasteiger partial charge in [0.1, 0.15) is 12.4 Å². The summed E-state index contributed by atoms with van der Waals surface area (Å²) in [4.78, 5) is 2.41. The molecule has 0 saturated carbocycles. The molecule has 0 bridgehead atoms.